The van der Waals surface area contributed by atoms with Crippen molar-refractivity contribution in [3.8, 4) is 0 Å². The highest BCUT2D eigenvalue weighted by molar-refractivity contribution is 6.39. The highest BCUT2D eigenvalue weighted by Crippen LogP contribution is 2.40. The first-order valence-electron chi connectivity index (χ1n) is 10.9. The Balaban J connectivity index is 2.00. The van der Waals surface area contributed by atoms with E-state index < -0.39 is 0 Å². The standard InChI is InChI=1S/C26H32N2O2/c1-7-27(8-2)19-11-13-21(17(5)15-19)23-25(29)24(26(23)30)22-14-12-20(16-18(22)6)28(9-3)10-4/h11-16H,7-10H2,1-6H3. The largest absolute Gasteiger partial charge is 0.871 e. The molecule has 0 bridgehead atoms. The minimum Gasteiger partial charge on any atom is -0.871 e. The summed E-state index contributed by atoms with van der Waals surface area (Å²) in [6.07, 6.45) is 5.99. The van der Waals surface area contributed by atoms with Gasteiger partial charge in [-0.05, 0) is 82.0 Å². The number of carbonyl (C=O) groups is 1. The SMILES string of the molecule is CCN(CC)c1ccc(C2=C([O-])/C(=C3/C=CC(=[N+](CC)CC)C=C3C)C2=O)c(C)c1. The number of aryl methyl sites for hydroxylation is 1. The highest BCUT2D eigenvalue weighted by Gasteiger charge is 2.32. The van der Waals surface area contributed by atoms with Gasteiger partial charge in [-0.3, -0.25) is 4.79 Å². The van der Waals surface area contributed by atoms with Gasteiger partial charge in [0.2, 0.25) is 0 Å². The van der Waals surface area contributed by atoms with E-state index in [1.807, 2.05) is 38.1 Å². The second kappa shape index (κ2) is 8.86. The van der Waals surface area contributed by atoms with Gasteiger partial charge in [0.25, 0.3) is 0 Å². The Morgan fingerprint density at radius 1 is 0.967 bits per heavy atom. The Bertz CT molecular complexity index is 1030. The van der Waals surface area contributed by atoms with E-state index in [2.05, 4.69) is 49.3 Å². The van der Waals surface area contributed by atoms with Crippen LogP contribution < -0.4 is 10.0 Å². The summed E-state index contributed by atoms with van der Waals surface area (Å²) in [6.45, 7) is 16.1. The van der Waals surface area contributed by atoms with E-state index in [9.17, 15) is 9.90 Å². The maximum Gasteiger partial charge on any atom is 0.200 e. The monoisotopic (exact) mass is 404 g/mol. The molecule has 0 saturated carbocycles. The van der Waals surface area contributed by atoms with Gasteiger partial charge in [0, 0.05) is 42.1 Å². The number of nitrogens with zero attached hydrogens (tertiary/aromatic N) is 2. The summed E-state index contributed by atoms with van der Waals surface area (Å²) in [5.41, 5.74) is 6.31. The summed E-state index contributed by atoms with van der Waals surface area (Å²) in [4.78, 5) is 15.3. The van der Waals surface area contributed by atoms with E-state index in [4.69, 9.17) is 0 Å². The minimum absolute atomic E-state index is 0.141. The van der Waals surface area contributed by atoms with Gasteiger partial charge in [0.05, 0.1) is 0 Å². The third-order valence-corrected chi connectivity index (χ3v) is 6.12. The molecule has 1 aromatic carbocycles. The molecule has 0 N–H and O–H groups in total. The highest BCUT2D eigenvalue weighted by atomic mass is 16.3. The molecule has 158 valence electrons. The van der Waals surface area contributed by atoms with Crippen molar-refractivity contribution in [3.05, 3.63) is 70.0 Å². The van der Waals surface area contributed by atoms with Gasteiger partial charge in [-0.25, -0.2) is 4.58 Å². The van der Waals surface area contributed by atoms with E-state index in [1.165, 1.54) is 0 Å². The van der Waals surface area contributed by atoms with Crippen molar-refractivity contribution in [2.45, 2.75) is 41.5 Å². The van der Waals surface area contributed by atoms with Gasteiger partial charge in [-0.1, -0.05) is 11.8 Å². The summed E-state index contributed by atoms with van der Waals surface area (Å²) >= 11 is 0. The Kier molecular flexibility index (Phi) is 6.45. The molecule has 4 heteroatoms. The van der Waals surface area contributed by atoms with E-state index in [0.29, 0.717) is 11.1 Å². The lowest BCUT2D eigenvalue weighted by molar-refractivity contribution is -0.519. The molecule has 4 nitrogen and oxygen atoms in total. The molecule has 0 amide bonds. The summed E-state index contributed by atoms with van der Waals surface area (Å²) in [5, 5.41) is 13.0. The molecule has 0 aliphatic heterocycles. The summed E-state index contributed by atoms with van der Waals surface area (Å²) in [7, 11) is 0. The van der Waals surface area contributed by atoms with E-state index in [-0.39, 0.29) is 11.5 Å². The van der Waals surface area contributed by atoms with Crippen molar-refractivity contribution in [1.82, 2.24) is 0 Å². The molecule has 30 heavy (non-hydrogen) atoms. The number of benzene rings is 1. The van der Waals surface area contributed by atoms with E-state index in [0.717, 1.165) is 59.9 Å². The maximum atomic E-state index is 13.0. The lowest BCUT2D eigenvalue weighted by Gasteiger charge is -2.34. The van der Waals surface area contributed by atoms with Crippen LogP contribution in [0, 0.1) is 6.92 Å². The molecular weight excluding hydrogens is 372 g/mol. The second-order valence-corrected chi connectivity index (χ2v) is 7.75. The molecule has 2 aliphatic carbocycles. The summed E-state index contributed by atoms with van der Waals surface area (Å²) < 4.78 is 2.25. The average Bonchev–Trinajstić information content (AvgIpc) is 2.73. The normalized spacial score (nSPS) is 18.5. The Morgan fingerprint density at radius 3 is 2.13 bits per heavy atom. The fourth-order valence-corrected chi connectivity index (χ4v) is 4.31. The molecule has 2 aliphatic rings. The number of ketones is 1. The van der Waals surface area contributed by atoms with Crippen molar-refractivity contribution >= 4 is 22.8 Å². The first kappa shape index (κ1) is 21.8. The Hall–Kier alpha value is -2.88. The van der Waals surface area contributed by atoms with Crippen molar-refractivity contribution < 1.29 is 14.5 Å². The molecule has 0 heterocycles. The van der Waals surface area contributed by atoms with Crippen molar-refractivity contribution in [2.75, 3.05) is 31.1 Å². The molecule has 0 unspecified atom stereocenters. The van der Waals surface area contributed by atoms with Crippen LogP contribution in [0.4, 0.5) is 5.69 Å². The van der Waals surface area contributed by atoms with E-state index >= 15 is 0 Å². The number of anilines is 1. The molecule has 0 fully saturated rings. The molecular formula is C26H32N2O2. The molecule has 0 atom stereocenters. The quantitative estimate of drug-likeness (QED) is 0.535. The average molecular weight is 405 g/mol. The van der Waals surface area contributed by atoms with Crippen LogP contribution in [0.25, 0.3) is 5.57 Å². The first-order valence-corrected chi connectivity index (χ1v) is 10.9. The predicted octanol–water partition coefficient (Wildman–Crippen LogP) is 3.80. The third kappa shape index (κ3) is 3.67. The number of rotatable bonds is 6. The third-order valence-electron chi connectivity index (χ3n) is 6.12. The number of hydrogen-bond acceptors (Lipinski definition) is 3. The molecule has 3 rings (SSSR count). The van der Waals surface area contributed by atoms with Crippen molar-refractivity contribution in [1.29, 1.82) is 0 Å². The predicted molar refractivity (Wildman–Crippen MR) is 123 cm³/mol. The zero-order valence-corrected chi connectivity index (χ0v) is 19.0. The lowest BCUT2D eigenvalue weighted by Crippen LogP contribution is -2.31. The van der Waals surface area contributed by atoms with Gasteiger partial charge in [0.1, 0.15) is 13.1 Å². The van der Waals surface area contributed by atoms with Gasteiger partial charge < -0.3 is 10.0 Å². The van der Waals surface area contributed by atoms with Crippen molar-refractivity contribution in [2.24, 2.45) is 0 Å². The minimum atomic E-state index is -0.141. The van der Waals surface area contributed by atoms with Crippen LogP contribution in [0.2, 0.25) is 0 Å². The molecule has 0 spiro atoms. The van der Waals surface area contributed by atoms with Gasteiger partial charge in [-0.2, -0.15) is 0 Å². The second-order valence-electron chi connectivity index (χ2n) is 7.75. The molecule has 0 saturated heterocycles. The first-order chi connectivity index (χ1) is 14.4. The zero-order chi connectivity index (χ0) is 22.0. The van der Waals surface area contributed by atoms with Crippen LogP contribution in [-0.4, -0.2) is 42.2 Å². The number of Topliss-reactive ketones (excluding diaryl/α,β-unsaturated/α-hetero) is 1. The van der Waals surface area contributed by atoms with Gasteiger partial charge in [0.15, 0.2) is 11.5 Å². The number of carbonyl (C=O) groups excluding carboxylic acids is 1. The number of hydrogen-bond donors (Lipinski definition) is 0. The fraction of sp³-hybridized carbons (Fsp3) is 0.385. The number of allylic oxidation sites excluding steroid dienone is 7. The smallest absolute Gasteiger partial charge is 0.200 e. The van der Waals surface area contributed by atoms with Gasteiger partial charge in [-0.15, -0.1) is 0 Å². The van der Waals surface area contributed by atoms with Crippen LogP contribution >= 0.6 is 0 Å². The summed E-state index contributed by atoms with van der Waals surface area (Å²) in [6, 6.07) is 5.99. The van der Waals surface area contributed by atoms with Crippen LogP contribution in [0.15, 0.2) is 58.9 Å². The fourth-order valence-electron chi connectivity index (χ4n) is 4.31. The maximum absolute atomic E-state index is 13.0. The van der Waals surface area contributed by atoms with Crippen LogP contribution in [-0.2, 0) is 4.79 Å². The topological polar surface area (TPSA) is 46.4 Å². The lowest BCUT2D eigenvalue weighted by atomic mass is 9.77. The summed E-state index contributed by atoms with van der Waals surface area (Å²) in [5.74, 6) is -0.283. The Morgan fingerprint density at radius 2 is 1.63 bits per heavy atom. The molecule has 0 radical (unpaired) electrons. The van der Waals surface area contributed by atoms with Crippen LogP contribution in [0.5, 0.6) is 0 Å². The van der Waals surface area contributed by atoms with Crippen LogP contribution in [0.3, 0.4) is 0 Å². The van der Waals surface area contributed by atoms with Gasteiger partial charge >= 0.3 is 0 Å². The van der Waals surface area contributed by atoms with E-state index in [1.54, 1.807) is 0 Å². The Labute approximate surface area is 180 Å². The van der Waals surface area contributed by atoms with Crippen LogP contribution in [0.1, 0.15) is 45.7 Å². The molecule has 0 aromatic heterocycles. The zero-order valence-electron chi connectivity index (χ0n) is 19.0. The van der Waals surface area contributed by atoms with Crippen molar-refractivity contribution in [3.63, 3.8) is 0 Å². The molecule has 1 aromatic rings.